The van der Waals surface area contributed by atoms with Crippen molar-refractivity contribution >= 4 is 11.8 Å². The van der Waals surface area contributed by atoms with Crippen molar-refractivity contribution in [1.82, 2.24) is 4.90 Å². The Hall–Kier alpha value is -3.11. The molecule has 0 fully saturated rings. The summed E-state index contributed by atoms with van der Waals surface area (Å²) in [6, 6.07) is 20.8. The van der Waals surface area contributed by atoms with Gasteiger partial charge in [-0.1, -0.05) is 59.7 Å². The van der Waals surface area contributed by atoms with Crippen LogP contribution >= 0.6 is 0 Å². The highest BCUT2D eigenvalue weighted by Crippen LogP contribution is 2.15. The van der Waals surface area contributed by atoms with E-state index in [1.54, 1.807) is 0 Å². The van der Waals surface area contributed by atoms with Gasteiger partial charge < -0.3 is 4.74 Å². The van der Waals surface area contributed by atoms with Crippen LogP contribution in [0.5, 0.6) is 0 Å². The number of hydrogen-bond acceptors (Lipinski definition) is 3. The lowest BCUT2D eigenvalue weighted by molar-refractivity contribution is 0.155. The summed E-state index contributed by atoms with van der Waals surface area (Å²) in [6.45, 7) is 10.3. The number of nitrogens with one attached hydrogen (secondary N) is 1. The Balaban J connectivity index is 1.48. The molecule has 0 aromatic heterocycles. The van der Waals surface area contributed by atoms with Crippen LogP contribution in [-0.4, -0.2) is 18.0 Å². The Morgan fingerprint density at radius 1 is 0.742 bits per heavy atom. The first-order valence-corrected chi connectivity index (χ1v) is 10.6. The highest BCUT2D eigenvalue weighted by Gasteiger charge is 2.07. The zero-order valence-corrected chi connectivity index (χ0v) is 19.2. The van der Waals surface area contributed by atoms with Crippen molar-refractivity contribution in [3.63, 3.8) is 0 Å². The van der Waals surface area contributed by atoms with Gasteiger partial charge in [-0.25, -0.2) is 4.79 Å². The zero-order chi connectivity index (χ0) is 22.4. The second-order valence-electron chi connectivity index (χ2n) is 8.56. The first-order chi connectivity index (χ1) is 14.8. The van der Waals surface area contributed by atoms with E-state index in [0.29, 0.717) is 0 Å². The molecule has 0 atom stereocenters. The average Bonchev–Trinajstić information content (AvgIpc) is 2.65. The number of amides is 1. The highest BCUT2D eigenvalue weighted by atomic mass is 16.5. The number of hydrogen-bond donors (Lipinski definition) is 1. The van der Waals surface area contributed by atoms with E-state index in [4.69, 9.17) is 4.74 Å². The lowest BCUT2D eigenvalue weighted by Gasteiger charge is -2.18. The minimum atomic E-state index is -0.442. The predicted molar refractivity (Wildman–Crippen MR) is 127 cm³/mol. The second-order valence-corrected chi connectivity index (χ2v) is 8.56. The van der Waals surface area contributed by atoms with Crippen LogP contribution in [0.25, 0.3) is 0 Å². The largest absolute Gasteiger partial charge is 0.444 e. The number of rotatable bonds is 7. The van der Waals surface area contributed by atoms with E-state index in [0.717, 1.165) is 35.5 Å². The maximum atomic E-state index is 12.1. The molecule has 0 unspecified atom stereocenters. The second kappa shape index (κ2) is 10.3. The normalized spacial score (nSPS) is 10.9. The van der Waals surface area contributed by atoms with Gasteiger partial charge in [-0.15, -0.1) is 0 Å². The maximum Gasteiger partial charge on any atom is 0.411 e. The van der Waals surface area contributed by atoms with Crippen molar-refractivity contribution in [3.8, 4) is 0 Å². The summed E-state index contributed by atoms with van der Waals surface area (Å²) in [6.07, 6.45) is -0.442. The number of anilines is 1. The number of aryl methyl sites for hydroxylation is 4. The van der Waals surface area contributed by atoms with Gasteiger partial charge in [0.05, 0.1) is 0 Å². The molecule has 162 valence electrons. The fraction of sp³-hybridized carbons (Fsp3) is 0.296. The van der Waals surface area contributed by atoms with E-state index in [2.05, 4.69) is 67.5 Å². The van der Waals surface area contributed by atoms with Crippen LogP contribution in [0.15, 0.2) is 60.7 Å². The minimum absolute atomic E-state index is 0.245. The van der Waals surface area contributed by atoms with Crippen LogP contribution in [0.3, 0.4) is 0 Å². The van der Waals surface area contributed by atoms with Crippen LogP contribution in [0.2, 0.25) is 0 Å². The lowest BCUT2D eigenvalue weighted by atomic mass is 10.1. The van der Waals surface area contributed by atoms with Gasteiger partial charge in [-0.05, 0) is 74.7 Å². The molecule has 3 rings (SSSR count). The Morgan fingerprint density at radius 2 is 1.23 bits per heavy atom. The Morgan fingerprint density at radius 3 is 1.81 bits per heavy atom. The van der Waals surface area contributed by atoms with Crippen molar-refractivity contribution in [2.24, 2.45) is 0 Å². The fourth-order valence-electron chi connectivity index (χ4n) is 3.93. The zero-order valence-electron chi connectivity index (χ0n) is 19.2. The van der Waals surface area contributed by atoms with Crippen molar-refractivity contribution < 1.29 is 9.53 Å². The number of ether oxygens (including phenoxy) is 1. The maximum absolute atomic E-state index is 12.1. The fourth-order valence-corrected chi connectivity index (χ4v) is 3.93. The third-order valence-electron chi connectivity index (χ3n) is 5.05. The van der Waals surface area contributed by atoms with Crippen LogP contribution < -0.4 is 5.32 Å². The molecule has 0 aliphatic rings. The molecule has 0 bridgehead atoms. The van der Waals surface area contributed by atoms with Crippen molar-refractivity contribution in [2.45, 2.75) is 47.4 Å². The van der Waals surface area contributed by atoms with Gasteiger partial charge in [0.1, 0.15) is 6.61 Å². The first kappa shape index (κ1) is 22.6. The summed E-state index contributed by atoms with van der Waals surface area (Å²) >= 11 is 0. The van der Waals surface area contributed by atoms with Crippen molar-refractivity contribution in [1.29, 1.82) is 0 Å². The standard InChI is InChI=1S/C27H32N2O2/c1-19-10-20(2)13-25(12-19)17-29(5)16-23-6-8-24(9-7-23)18-31-27(30)28-26-14-21(3)11-22(4)15-26/h6-15H,16-18H2,1-5H3,(H,28,30). The highest BCUT2D eigenvalue weighted by molar-refractivity contribution is 5.84. The average molecular weight is 417 g/mol. The summed E-state index contributed by atoms with van der Waals surface area (Å²) in [5.41, 5.74) is 9.10. The van der Waals surface area contributed by atoms with E-state index < -0.39 is 6.09 Å². The number of carbonyl (C=O) groups excluding carboxylic acids is 1. The van der Waals surface area contributed by atoms with Crippen LogP contribution in [0.4, 0.5) is 10.5 Å². The van der Waals surface area contributed by atoms with Gasteiger partial charge in [0.2, 0.25) is 0 Å². The molecule has 4 nitrogen and oxygen atoms in total. The smallest absolute Gasteiger partial charge is 0.411 e. The van der Waals surface area contributed by atoms with Gasteiger partial charge in [0, 0.05) is 18.8 Å². The third-order valence-corrected chi connectivity index (χ3v) is 5.05. The molecule has 0 spiro atoms. The monoisotopic (exact) mass is 416 g/mol. The van der Waals surface area contributed by atoms with Crippen LogP contribution in [-0.2, 0) is 24.4 Å². The molecule has 3 aromatic rings. The molecule has 31 heavy (non-hydrogen) atoms. The predicted octanol–water partition coefficient (Wildman–Crippen LogP) is 6.30. The Kier molecular flexibility index (Phi) is 7.48. The molecule has 0 radical (unpaired) electrons. The Bertz CT molecular complexity index is 1000. The topological polar surface area (TPSA) is 41.6 Å². The number of nitrogens with zero attached hydrogens (tertiary/aromatic N) is 1. The van der Waals surface area contributed by atoms with E-state index in [1.165, 1.54) is 22.3 Å². The summed E-state index contributed by atoms with van der Waals surface area (Å²) in [4.78, 5) is 14.4. The van der Waals surface area contributed by atoms with Gasteiger partial charge in [-0.3, -0.25) is 10.2 Å². The molecular weight excluding hydrogens is 384 g/mol. The summed E-state index contributed by atoms with van der Waals surface area (Å²) in [7, 11) is 2.13. The van der Waals surface area contributed by atoms with E-state index in [-0.39, 0.29) is 6.61 Å². The molecule has 0 aliphatic carbocycles. The minimum Gasteiger partial charge on any atom is -0.444 e. The van der Waals surface area contributed by atoms with Crippen molar-refractivity contribution in [3.05, 3.63) is 99.6 Å². The van der Waals surface area contributed by atoms with Crippen LogP contribution in [0.1, 0.15) is 38.9 Å². The first-order valence-electron chi connectivity index (χ1n) is 10.6. The van der Waals surface area contributed by atoms with E-state index in [1.807, 2.05) is 38.1 Å². The molecule has 1 N–H and O–H groups in total. The molecule has 0 saturated carbocycles. The summed E-state index contributed by atoms with van der Waals surface area (Å²) in [5, 5.41) is 2.79. The molecule has 0 heterocycles. The molecule has 3 aromatic carbocycles. The van der Waals surface area contributed by atoms with E-state index >= 15 is 0 Å². The molecule has 0 aliphatic heterocycles. The SMILES string of the molecule is Cc1cc(C)cc(CN(C)Cc2ccc(COC(=O)Nc3cc(C)cc(C)c3)cc2)c1. The summed E-state index contributed by atoms with van der Waals surface area (Å²) < 4.78 is 5.37. The molecular formula is C27H32N2O2. The number of benzene rings is 3. The van der Waals surface area contributed by atoms with Crippen LogP contribution in [0, 0.1) is 27.7 Å². The Labute approximate surface area is 185 Å². The molecule has 0 saturated heterocycles. The van der Waals surface area contributed by atoms with Gasteiger partial charge >= 0.3 is 6.09 Å². The quantitative estimate of drug-likeness (QED) is 0.491. The molecule has 4 heteroatoms. The van der Waals surface area contributed by atoms with Gasteiger partial charge in [0.15, 0.2) is 0 Å². The van der Waals surface area contributed by atoms with Gasteiger partial charge in [-0.2, -0.15) is 0 Å². The number of carbonyl (C=O) groups is 1. The van der Waals surface area contributed by atoms with E-state index in [9.17, 15) is 4.79 Å². The van der Waals surface area contributed by atoms with Crippen molar-refractivity contribution in [2.75, 3.05) is 12.4 Å². The lowest BCUT2D eigenvalue weighted by Crippen LogP contribution is -2.17. The van der Waals surface area contributed by atoms with Gasteiger partial charge in [0.25, 0.3) is 0 Å². The third kappa shape index (κ3) is 7.26. The summed E-state index contributed by atoms with van der Waals surface area (Å²) in [5.74, 6) is 0. The molecule has 1 amide bonds.